The third-order valence-corrected chi connectivity index (χ3v) is 3.35. The molecule has 94 valence electrons. The van der Waals surface area contributed by atoms with E-state index in [4.69, 9.17) is 0 Å². The molecule has 1 aliphatic rings. The van der Waals surface area contributed by atoms with Crippen molar-refractivity contribution < 1.29 is 8.78 Å². The van der Waals surface area contributed by atoms with E-state index in [2.05, 4.69) is 5.32 Å². The number of alkyl halides is 2. The lowest BCUT2D eigenvalue weighted by Gasteiger charge is -2.26. The molecule has 0 amide bonds. The van der Waals surface area contributed by atoms with Crippen molar-refractivity contribution in [2.75, 3.05) is 6.54 Å². The maximum absolute atomic E-state index is 14.1. The van der Waals surface area contributed by atoms with Crippen molar-refractivity contribution in [1.82, 2.24) is 5.32 Å². The van der Waals surface area contributed by atoms with Crippen LogP contribution in [0.5, 0.6) is 0 Å². The predicted molar refractivity (Wildman–Crippen MR) is 65.4 cm³/mol. The fourth-order valence-electron chi connectivity index (χ4n) is 2.38. The number of rotatable bonds is 3. The highest BCUT2D eigenvalue weighted by Crippen LogP contribution is 2.28. The van der Waals surface area contributed by atoms with Crippen LogP contribution in [0.3, 0.4) is 0 Å². The van der Waals surface area contributed by atoms with Gasteiger partial charge in [-0.15, -0.1) is 0 Å². The quantitative estimate of drug-likeness (QED) is 0.852. The Bertz CT molecular complexity index is 329. The largest absolute Gasteiger partial charge is 0.309 e. The van der Waals surface area contributed by atoms with Crippen LogP contribution in [0.1, 0.15) is 31.2 Å². The first-order chi connectivity index (χ1) is 8.18. The highest BCUT2D eigenvalue weighted by molar-refractivity contribution is 5.17. The van der Waals surface area contributed by atoms with Crippen molar-refractivity contribution in [3.63, 3.8) is 0 Å². The molecule has 1 nitrogen and oxygen atoms in total. The summed E-state index contributed by atoms with van der Waals surface area (Å²) in [6.07, 6.45) is 3.40. The Morgan fingerprint density at radius 3 is 2.65 bits per heavy atom. The van der Waals surface area contributed by atoms with Gasteiger partial charge in [0.2, 0.25) is 0 Å². The molecule has 3 heteroatoms. The molecule has 0 bridgehead atoms. The summed E-state index contributed by atoms with van der Waals surface area (Å²) >= 11 is 0. The monoisotopic (exact) mass is 239 g/mol. The Labute approximate surface area is 101 Å². The molecule has 1 aliphatic heterocycles. The van der Waals surface area contributed by atoms with E-state index in [9.17, 15) is 8.78 Å². The fourth-order valence-corrected chi connectivity index (χ4v) is 2.38. The normalized spacial score (nSPS) is 22.1. The summed E-state index contributed by atoms with van der Waals surface area (Å²) in [6, 6.07) is 8.35. The smallest absolute Gasteiger partial charge is 0.267 e. The number of nitrogens with one attached hydrogen (secondary N) is 1. The van der Waals surface area contributed by atoms with Gasteiger partial charge in [0, 0.05) is 6.42 Å². The van der Waals surface area contributed by atoms with Crippen LogP contribution < -0.4 is 5.32 Å². The van der Waals surface area contributed by atoms with Crippen molar-refractivity contribution in [2.24, 2.45) is 0 Å². The fraction of sp³-hybridized carbons (Fsp3) is 0.571. The zero-order valence-electron chi connectivity index (χ0n) is 9.96. The van der Waals surface area contributed by atoms with E-state index in [1.807, 2.05) is 18.2 Å². The van der Waals surface area contributed by atoms with Gasteiger partial charge < -0.3 is 5.32 Å². The molecule has 1 aromatic carbocycles. The van der Waals surface area contributed by atoms with Gasteiger partial charge >= 0.3 is 0 Å². The standard InChI is InChI=1S/C14H19F2N/c15-14(16,11-12-7-3-1-4-8-12)13-9-5-2-6-10-17-13/h1,3-4,7-8,13,17H,2,5-6,9-11H2. The van der Waals surface area contributed by atoms with Gasteiger partial charge in [-0.2, -0.15) is 0 Å². The molecule has 0 saturated carbocycles. The highest BCUT2D eigenvalue weighted by Gasteiger charge is 2.39. The van der Waals surface area contributed by atoms with Crippen LogP contribution in [-0.2, 0) is 6.42 Å². The van der Waals surface area contributed by atoms with Gasteiger partial charge in [0.15, 0.2) is 0 Å². The van der Waals surface area contributed by atoms with E-state index >= 15 is 0 Å². The van der Waals surface area contributed by atoms with Crippen LogP contribution in [0.2, 0.25) is 0 Å². The molecule has 1 fully saturated rings. The van der Waals surface area contributed by atoms with Crippen molar-refractivity contribution in [3.8, 4) is 0 Å². The van der Waals surface area contributed by atoms with Gasteiger partial charge in [-0.1, -0.05) is 43.2 Å². The van der Waals surface area contributed by atoms with Crippen LogP contribution >= 0.6 is 0 Å². The van der Waals surface area contributed by atoms with E-state index in [1.54, 1.807) is 12.1 Å². The molecule has 2 rings (SSSR count). The van der Waals surface area contributed by atoms with E-state index < -0.39 is 12.0 Å². The molecule has 0 spiro atoms. The summed E-state index contributed by atoms with van der Waals surface area (Å²) in [4.78, 5) is 0. The third-order valence-electron chi connectivity index (χ3n) is 3.35. The second-order valence-corrected chi connectivity index (χ2v) is 4.78. The van der Waals surface area contributed by atoms with Crippen LogP contribution in [0.25, 0.3) is 0 Å². The van der Waals surface area contributed by atoms with Gasteiger partial charge in [0.05, 0.1) is 6.04 Å². The first kappa shape index (κ1) is 12.5. The number of hydrogen-bond acceptors (Lipinski definition) is 1. The first-order valence-electron chi connectivity index (χ1n) is 6.33. The Morgan fingerprint density at radius 1 is 1.12 bits per heavy atom. The van der Waals surface area contributed by atoms with E-state index in [-0.39, 0.29) is 6.42 Å². The van der Waals surface area contributed by atoms with E-state index in [0.29, 0.717) is 12.0 Å². The maximum atomic E-state index is 14.1. The van der Waals surface area contributed by atoms with Crippen molar-refractivity contribution in [3.05, 3.63) is 35.9 Å². The summed E-state index contributed by atoms with van der Waals surface area (Å²) in [5, 5.41) is 2.99. The summed E-state index contributed by atoms with van der Waals surface area (Å²) < 4.78 is 28.2. The van der Waals surface area contributed by atoms with Gasteiger partial charge in [-0.3, -0.25) is 0 Å². The molecule has 0 aromatic heterocycles. The lowest BCUT2D eigenvalue weighted by molar-refractivity contribution is -0.0377. The van der Waals surface area contributed by atoms with Crippen LogP contribution in [0.15, 0.2) is 30.3 Å². The molecule has 1 unspecified atom stereocenters. The molecule has 17 heavy (non-hydrogen) atoms. The molecule has 1 atom stereocenters. The predicted octanol–water partition coefficient (Wildman–Crippen LogP) is 3.40. The molecule has 1 heterocycles. The van der Waals surface area contributed by atoms with Gasteiger partial charge in [0.25, 0.3) is 5.92 Å². The van der Waals surface area contributed by atoms with Gasteiger partial charge in [-0.25, -0.2) is 8.78 Å². The molecule has 1 aromatic rings. The Balaban J connectivity index is 2.01. The average molecular weight is 239 g/mol. The summed E-state index contributed by atoms with van der Waals surface area (Å²) in [6.45, 7) is 0.717. The van der Waals surface area contributed by atoms with Crippen LogP contribution in [0.4, 0.5) is 8.78 Å². The van der Waals surface area contributed by atoms with E-state index in [0.717, 1.165) is 25.8 Å². The topological polar surface area (TPSA) is 12.0 Å². The zero-order chi connectivity index (χ0) is 12.1. The van der Waals surface area contributed by atoms with Gasteiger partial charge in [0.1, 0.15) is 0 Å². The van der Waals surface area contributed by atoms with Crippen LogP contribution in [-0.4, -0.2) is 18.5 Å². The number of hydrogen-bond donors (Lipinski definition) is 1. The lowest BCUT2D eigenvalue weighted by Crippen LogP contribution is -2.45. The molecule has 1 saturated heterocycles. The second kappa shape index (κ2) is 5.58. The SMILES string of the molecule is FC(F)(Cc1ccccc1)C1CCCCCN1. The molecule has 1 N–H and O–H groups in total. The van der Waals surface area contributed by atoms with Crippen molar-refractivity contribution in [2.45, 2.75) is 44.1 Å². The summed E-state index contributed by atoms with van der Waals surface area (Å²) in [5.41, 5.74) is 0.712. The molecular weight excluding hydrogens is 220 g/mol. The average Bonchev–Trinajstić information content (AvgIpc) is 2.58. The Morgan fingerprint density at radius 2 is 1.88 bits per heavy atom. The highest BCUT2D eigenvalue weighted by atomic mass is 19.3. The van der Waals surface area contributed by atoms with Crippen molar-refractivity contribution >= 4 is 0 Å². The van der Waals surface area contributed by atoms with E-state index in [1.165, 1.54) is 0 Å². The number of halogens is 2. The summed E-state index contributed by atoms with van der Waals surface area (Å²) in [5.74, 6) is -2.65. The lowest BCUT2D eigenvalue weighted by atomic mass is 9.97. The zero-order valence-corrected chi connectivity index (χ0v) is 9.96. The maximum Gasteiger partial charge on any atom is 0.267 e. The summed E-state index contributed by atoms with van der Waals surface area (Å²) in [7, 11) is 0. The van der Waals surface area contributed by atoms with Crippen LogP contribution in [0, 0.1) is 0 Å². The minimum absolute atomic E-state index is 0.161. The Kier molecular flexibility index (Phi) is 4.11. The first-order valence-corrected chi connectivity index (χ1v) is 6.33. The van der Waals surface area contributed by atoms with Crippen molar-refractivity contribution in [1.29, 1.82) is 0 Å². The minimum Gasteiger partial charge on any atom is -0.309 e. The molecule has 0 radical (unpaired) electrons. The molecule has 0 aliphatic carbocycles. The molecular formula is C14H19F2N. The van der Waals surface area contributed by atoms with Gasteiger partial charge in [-0.05, 0) is 24.9 Å². The third kappa shape index (κ3) is 3.50. The minimum atomic E-state index is -2.65. The number of benzene rings is 1. The second-order valence-electron chi connectivity index (χ2n) is 4.78. The Hall–Kier alpha value is -0.960.